The largest absolute Gasteiger partial charge is 0.497 e. The van der Waals surface area contributed by atoms with E-state index in [1.54, 1.807) is 18.4 Å². The van der Waals surface area contributed by atoms with Gasteiger partial charge in [0.05, 0.1) is 48.1 Å². The first-order valence-corrected chi connectivity index (χ1v) is 15.6. The summed E-state index contributed by atoms with van der Waals surface area (Å²) in [6.07, 6.45) is 8.47. The number of thiophene rings is 1. The van der Waals surface area contributed by atoms with Crippen LogP contribution in [0.3, 0.4) is 0 Å². The first-order chi connectivity index (χ1) is 19.6. The Morgan fingerprint density at radius 2 is 1.10 bits per heavy atom. The van der Waals surface area contributed by atoms with Gasteiger partial charge in [0.1, 0.15) is 5.75 Å². The molecule has 3 aromatic heterocycles. The molecule has 2 aromatic carbocycles. The van der Waals surface area contributed by atoms with Gasteiger partial charge in [0.15, 0.2) is 0 Å². The topological polar surface area (TPSA) is 50.8 Å². The quantitative estimate of drug-likeness (QED) is 0.183. The normalized spacial score (nSPS) is 12.2. The molecule has 1 N–H and O–H groups in total. The van der Waals surface area contributed by atoms with E-state index >= 15 is 0 Å². The van der Waals surface area contributed by atoms with Crippen molar-refractivity contribution in [3.8, 4) is 28.0 Å². The molecular formula is C33H21I2N3OS. The van der Waals surface area contributed by atoms with Gasteiger partial charge in [0, 0.05) is 20.5 Å². The van der Waals surface area contributed by atoms with Crippen molar-refractivity contribution in [1.29, 1.82) is 0 Å². The Labute approximate surface area is 262 Å². The monoisotopic (exact) mass is 761 g/mol. The highest BCUT2D eigenvalue weighted by molar-refractivity contribution is 14.1. The predicted molar refractivity (Wildman–Crippen MR) is 185 cm³/mol. The van der Waals surface area contributed by atoms with Gasteiger partial charge in [-0.3, -0.25) is 0 Å². The number of benzene rings is 2. The Balaban J connectivity index is 1.65. The molecule has 40 heavy (non-hydrogen) atoms. The van der Waals surface area contributed by atoms with Crippen molar-refractivity contribution in [1.82, 2.24) is 15.0 Å². The van der Waals surface area contributed by atoms with Crippen LogP contribution in [0.2, 0.25) is 0 Å². The number of nitrogens with zero attached hydrogens (tertiary/aromatic N) is 2. The van der Waals surface area contributed by atoms with Crippen LogP contribution in [0.25, 0.3) is 67.0 Å². The van der Waals surface area contributed by atoms with Crippen LogP contribution in [0.4, 0.5) is 0 Å². The second-order valence-electron chi connectivity index (χ2n) is 9.35. The lowest BCUT2D eigenvalue weighted by atomic mass is 10.0. The van der Waals surface area contributed by atoms with Crippen LogP contribution in [-0.2, 0) is 0 Å². The van der Waals surface area contributed by atoms with Crippen molar-refractivity contribution < 1.29 is 4.74 Å². The molecule has 0 spiro atoms. The minimum atomic E-state index is 0.829. The third-order valence-electron chi connectivity index (χ3n) is 6.94. The predicted octanol–water partition coefficient (Wildman–Crippen LogP) is 9.94. The maximum atomic E-state index is 5.44. The lowest BCUT2D eigenvalue weighted by molar-refractivity contribution is 0.415. The summed E-state index contributed by atoms with van der Waals surface area (Å²) in [7, 11) is 1.69. The lowest BCUT2D eigenvalue weighted by Gasteiger charge is -2.06. The highest BCUT2D eigenvalue weighted by Gasteiger charge is 2.16. The molecule has 8 bridgehead atoms. The standard InChI is InChI=1S/C33H21I2N3OS/c1-39-21-9-7-20(8-10-21)31-23-12-14-25(37-23)33(35)27-16-15-26(38-27)32(34)24-13-11-22(36-24)30(19-5-3-2-4-6-19)28-17-18-29(31)40-28/h2-18,38H,1H3. The summed E-state index contributed by atoms with van der Waals surface area (Å²) >= 11 is 6.55. The molecule has 5 aromatic rings. The number of aromatic nitrogens is 3. The molecule has 0 amide bonds. The Morgan fingerprint density at radius 1 is 0.600 bits per heavy atom. The van der Waals surface area contributed by atoms with Crippen molar-refractivity contribution in [2.24, 2.45) is 0 Å². The third kappa shape index (κ3) is 4.59. The lowest BCUT2D eigenvalue weighted by Crippen LogP contribution is -1.87. The van der Waals surface area contributed by atoms with Gasteiger partial charge >= 0.3 is 0 Å². The summed E-state index contributed by atoms with van der Waals surface area (Å²) in [5, 5.41) is 0. The summed E-state index contributed by atoms with van der Waals surface area (Å²) in [6, 6.07) is 27.4. The molecule has 0 saturated carbocycles. The number of methoxy groups -OCH3 is 1. The smallest absolute Gasteiger partial charge is 0.118 e. The maximum absolute atomic E-state index is 5.44. The fraction of sp³-hybridized carbons (Fsp3) is 0.0303. The van der Waals surface area contributed by atoms with E-state index in [9.17, 15) is 0 Å². The second-order valence-corrected chi connectivity index (χ2v) is 12.6. The molecule has 0 aliphatic carbocycles. The zero-order valence-electron chi connectivity index (χ0n) is 21.3. The highest BCUT2D eigenvalue weighted by Crippen LogP contribution is 2.39. The summed E-state index contributed by atoms with van der Waals surface area (Å²) < 4.78 is 9.90. The first-order valence-electron chi connectivity index (χ1n) is 12.7. The number of halogens is 2. The van der Waals surface area contributed by atoms with E-state index in [1.807, 2.05) is 12.1 Å². The fourth-order valence-corrected chi connectivity index (χ4v) is 7.36. The summed E-state index contributed by atoms with van der Waals surface area (Å²) in [5.41, 5.74) is 10.3. The highest BCUT2D eigenvalue weighted by atomic mass is 127. The molecule has 194 valence electrons. The van der Waals surface area contributed by atoms with Crippen LogP contribution in [0, 0.1) is 7.14 Å². The van der Waals surface area contributed by atoms with Gasteiger partial charge < -0.3 is 9.72 Å². The number of rotatable bonds is 3. The average molecular weight is 761 g/mol. The van der Waals surface area contributed by atoms with Gasteiger partial charge in [-0.05, 0) is 117 Å². The number of fused-ring (bicyclic) bond motifs is 8. The van der Waals surface area contributed by atoms with Crippen LogP contribution in [0.5, 0.6) is 5.75 Å². The number of ether oxygens (including phenoxy) is 1. The van der Waals surface area contributed by atoms with E-state index in [0.717, 1.165) is 78.4 Å². The second kappa shape index (κ2) is 10.6. The Morgan fingerprint density at radius 3 is 1.62 bits per heavy atom. The number of hydrogen-bond donors (Lipinski definition) is 1. The van der Waals surface area contributed by atoms with Crippen LogP contribution in [0.15, 0.2) is 78.9 Å². The first kappa shape index (κ1) is 25.7. The number of H-pyrrole nitrogens is 1. The maximum Gasteiger partial charge on any atom is 0.118 e. The molecule has 0 fully saturated rings. The van der Waals surface area contributed by atoms with Crippen LogP contribution in [0.1, 0.15) is 22.8 Å². The SMILES string of the molecule is COc1ccc(-c2c3nc(c(I)c4ccc([nH]4)c(I)c4nc(c(-c5ccccc5)c5ccc2s5)C=C4)C=C3)cc1. The zero-order valence-corrected chi connectivity index (χ0v) is 26.4. The molecule has 7 heteroatoms. The molecule has 7 rings (SSSR count). The summed E-state index contributed by atoms with van der Waals surface area (Å²) in [5.74, 6) is 0.829. The third-order valence-corrected chi connectivity index (χ3v) is 10.3. The van der Waals surface area contributed by atoms with E-state index in [-0.39, 0.29) is 0 Å². The summed E-state index contributed by atoms with van der Waals surface area (Å²) in [6.45, 7) is 0. The molecule has 0 atom stereocenters. The van der Waals surface area contributed by atoms with Crippen LogP contribution < -0.4 is 4.74 Å². The molecular weight excluding hydrogens is 740 g/mol. The molecule has 0 radical (unpaired) electrons. The molecule has 0 unspecified atom stereocenters. The average Bonchev–Trinajstić information content (AvgIpc) is 3.81. The van der Waals surface area contributed by atoms with Crippen molar-refractivity contribution in [3.63, 3.8) is 0 Å². The van der Waals surface area contributed by atoms with Gasteiger partial charge in [-0.2, -0.15) is 0 Å². The van der Waals surface area contributed by atoms with Gasteiger partial charge in [-0.15, -0.1) is 11.3 Å². The molecule has 5 heterocycles. The van der Waals surface area contributed by atoms with Gasteiger partial charge in [0.2, 0.25) is 0 Å². The Hall–Kier alpha value is -3.28. The number of hydrogen-bond acceptors (Lipinski definition) is 4. The minimum Gasteiger partial charge on any atom is -0.497 e. The molecule has 2 aliphatic heterocycles. The molecule has 0 saturated heterocycles. The van der Waals surface area contributed by atoms with E-state index in [2.05, 4.69) is 141 Å². The fourth-order valence-electron chi connectivity index (χ4n) is 4.98. The molecule has 2 aliphatic rings. The summed E-state index contributed by atoms with van der Waals surface area (Å²) in [4.78, 5) is 13.9. The van der Waals surface area contributed by atoms with E-state index in [1.165, 1.54) is 0 Å². The van der Waals surface area contributed by atoms with Crippen LogP contribution in [-0.4, -0.2) is 22.1 Å². The zero-order chi connectivity index (χ0) is 27.2. The minimum absolute atomic E-state index is 0.829. The van der Waals surface area contributed by atoms with Crippen molar-refractivity contribution in [3.05, 3.63) is 109 Å². The van der Waals surface area contributed by atoms with E-state index in [0.29, 0.717) is 0 Å². The van der Waals surface area contributed by atoms with Gasteiger partial charge in [0.25, 0.3) is 0 Å². The van der Waals surface area contributed by atoms with Gasteiger partial charge in [-0.25, -0.2) is 9.97 Å². The number of aromatic amines is 1. The van der Waals surface area contributed by atoms with Crippen molar-refractivity contribution in [2.45, 2.75) is 0 Å². The molecule has 4 nitrogen and oxygen atoms in total. The van der Waals surface area contributed by atoms with Crippen molar-refractivity contribution in [2.75, 3.05) is 7.11 Å². The van der Waals surface area contributed by atoms with Crippen molar-refractivity contribution >= 4 is 101 Å². The number of nitrogens with one attached hydrogen (secondary N) is 1. The van der Waals surface area contributed by atoms with Crippen LogP contribution >= 0.6 is 56.5 Å². The van der Waals surface area contributed by atoms with E-state index in [4.69, 9.17) is 14.7 Å². The Bertz CT molecular complexity index is 2010. The van der Waals surface area contributed by atoms with Gasteiger partial charge in [-0.1, -0.05) is 42.5 Å². The Kier molecular flexibility index (Phi) is 6.81. The van der Waals surface area contributed by atoms with E-state index < -0.39 is 0 Å².